The Hall–Kier alpha value is -1.97. The topological polar surface area (TPSA) is 55.8 Å². The lowest BCUT2D eigenvalue weighted by Crippen LogP contribution is -2.02. The molecule has 1 rings (SSSR count). The summed E-state index contributed by atoms with van der Waals surface area (Å²) in [5, 5.41) is 9.48. The van der Waals surface area contributed by atoms with Gasteiger partial charge in [-0.25, -0.2) is 4.79 Å². The Morgan fingerprint density at radius 3 is 2.67 bits per heavy atom. The molecule has 4 nitrogen and oxygen atoms in total. The molecule has 4 heteroatoms. The quantitative estimate of drug-likeness (QED) is 0.496. The minimum absolute atomic E-state index is 0.0184. The first kappa shape index (κ1) is 14.1. The van der Waals surface area contributed by atoms with Crippen LogP contribution in [0.4, 0.5) is 0 Å². The number of methoxy groups -OCH3 is 1. The van der Waals surface area contributed by atoms with Gasteiger partial charge >= 0.3 is 5.97 Å². The molecule has 0 aliphatic carbocycles. The maximum absolute atomic E-state index is 11.3. The molecular weight excluding hydrogens is 232 g/mol. The molecule has 0 spiro atoms. The Morgan fingerprint density at radius 2 is 2.06 bits per heavy atom. The average Bonchev–Trinajstić information content (AvgIpc) is 2.32. The molecule has 0 aliphatic rings. The zero-order chi connectivity index (χ0) is 13.5. The number of hydrogen-bond donors (Lipinski definition) is 1. The number of ether oxygens (including phenoxy) is 2. The van der Waals surface area contributed by atoms with Crippen molar-refractivity contribution in [3.8, 4) is 11.5 Å². The zero-order valence-corrected chi connectivity index (χ0v) is 10.9. The molecule has 1 N–H and O–H groups in total. The van der Waals surface area contributed by atoms with Crippen LogP contribution in [0.1, 0.15) is 30.6 Å². The van der Waals surface area contributed by atoms with Crippen LogP contribution in [0.5, 0.6) is 11.5 Å². The number of rotatable bonds is 5. The number of allylic oxidation sites excluding steroid dienone is 1. The molecule has 0 aliphatic heterocycles. The number of benzene rings is 1. The van der Waals surface area contributed by atoms with E-state index in [1.807, 2.05) is 13.8 Å². The summed E-state index contributed by atoms with van der Waals surface area (Å²) in [7, 11) is 1.29. The molecule has 0 unspecified atom stereocenters. The van der Waals surface area contributed by atoms with Gasteiger partial charge in [0, 0.05) is 6.07 Å². The van der Waals surface area contributed by atoms with E-state index in [2.05, 4.69) is 10.8 Å². The van der Waals surface area contributed by atoms with E-state index in [1.54, 1.807) is 6.07 Å². The molecule has 98 valence electrons. The summed E-state index contributed by atoms with van der Waals surface area (Å²) in [6, 6.07) is 4.36. The van der Waals surface area contributed by atoms with Crippen LogP contribution in [-0.4, -0.2) is 24.8 Å². The number of phenolic OH excluding ortho intramolecular Hbond substituents is 1. The fourth-order valence-corrected chi connectivity index (χ4v) is 1.43. The molecule has 1 aromatic rings. The molecule has 0 aromatic heterocycles. The second-order valence-corrected chi connectivity index (χ2v) is 4.13. The van der Waals surface area contributed by atoms with Gasteiger partial charge in [-0.2, -0.15) is 0 Å². The molecule has 1 aromatic carbocycles. The van der Waals surface area contributed by atoms with Crippen LogP contribution in [-0.2, 0) is 4.74 Å². The first-order valence-corrected chi connectivity index (χ1v) is 5.71. The maximum Gasteiger partial charge on any atom is 0.338 e. The van der Waals surface area contributed by atoms with Gasteiger partial charge in [-0.15, -0.1) is 0 Å². The van der Waals surface area contributed by atoms with Gasteiger partial charge in [-0.3, -0.25) is 0 Å². The molecule has 0 radical (unpaired) electrons. The van der Waals surface area contributed by atoms with E-state index in [-0.39, 0.29) is 11.3 Å². The van der Waals surface area contributed by atoms with Crippen molar-refractivity contribution in [1.82, 2.24) is 0 Å². The normalized spacial score (nSPS) is 9.72. The summed E-state index contributed by atoms with van der Waals surface area (Å²) in [6.07, 6.45) is 2.84. The SMILES string of the molecule is COC(=O)c1cc(O)cc(OCCC=C(C)C)c1. The number of esters is 1. The standard InChI is InChI=1S/C14H18O4/c1-10(2)5-4-6-18-13-8-11(14(16)17-3)7-12(15)9-13/h5,7-9,15H,4,6H2,1-3H3. The fourth-order valence-electron chi connectivity index (χ4n) is 1.43. The molecule has 0 atom stereocenters. The molecule has 0 heterocycles. The van der Waals surface area contributed by atoms with Crippen LogP contribution in [0.25, 0.3) is 0 Å². The predicted octanol–water partition coefficient (Wildman–Crippen LogP) is 2.91. The first-order valence-electron chi connectivity index (χ1n) is 5.71. The smallest absolute Gasteiger partial charge is 0.338 e. The van der Waals surface area contributed by atoms with Crippen molar-refractivity contribution in [3.63, 3.8) is 0 Å². The summed E-state index contributed by atoms with van der Waals surface area (Å²) in [6.45, 7) is 4.53. The van der Waals surface area contributed by atoms with Crippen molar-refractivity contribution in [3.05, 3.63) is 35.4 Å². The lowest BCUT2D eigenvalue weighted by molar-refractivity contribution is 0.0599. The summed E-state index contributed by atoms with van der Waals surface area (Å²) < 4.78 is 10.0. The zero-order valence-electron chi connectivity index (χ0n) is 10.9. The number of carbonyl (C=O) groups is 1. The van der Waals surface area contributed by atoms with Crippen molar-refractivity contribution in [1.29, 1.82) is 0 Å². The van der Waals surface area contributed by atoms with Crippen molar-refractivity contribution >= 4 is 5.97 Å². The Balaban J connectivity index is 2.68. The van der Waals surface area contributed by atoms with Gasteiger partial charge in [0.15, 0.2) is 0 Å². The summed E-state index contributed by atoms with van der Waals surface area (Å²) in [4.78, 5) is 11.3. The van der Waals surface area contributed by atoms with Gasteiger partial charge in [0.25, 0.3) is 0 Å². The fraction of sp³-hybridized carbons (Fsp3) is 0.357. The number of carbonyl (C=O) groups excluding carboxylic acids is 1. The van der Waals surface area contributed by atoms with Crippen molar-refractivity contribution in [2.45, 2.75) is 20.3 Å². The number of hydrogen-bond acceptors (Lipinski definition) is 4. The average molecular weight is 250 g/mol. The lowest BCUT2D eigenvalue weighted by Gasteiger charge is -2.07. The van der Waals surface area contributed by atoms with Gasteiger partial charge in [0.05, 0.1) is 19.3 Å². The number of aromatic hydroxyl groups is 1. The van der Waals surface area contributed by atoms with Gasteiger partial charge < -0.3 is 14.6 Å². The molecule has 0 bridgehead atoms. The molecule has 0 fully saturated rings. The summed E-state index contributed by atoms with van der Waals surface area (Å²) in [5.41, 5.74) is 1.50. The van der Waals surface area contributed by atoms with E-state index in [9.17, 15) is 9.90 Å². The third-order valence-corrected chi connectivity index (χ3v) is 2.25. The van der Waals surface area contributed by atoms with Gasteiger partial charge in [-0.1, -0.05) is 11.6 Å². The highest BCUT2D eigenvalue weighted by atomic mass is 16.5. The second kappa shape index (κ2) is 6.69. The van der Waals surface area contributed by atoms with Gasteiger partial charge in [0.1, 0.15) is 11.5 Å². The minimum Gasteiger partial charge on any atom is -0.508 e. The molecule has 18 heavy (non-hydrogen) atoms. The second-order valence-electron chi connectivity index (χ2n) is 4.13. The monoisotopic (exact) mass is 250 g/mol. The number of phenols is 1. The molecule has 0 saturated carbocycles. The van der Waals surface area contributed by atoms with E-state index in [0.29, 0.717) is 12.4 Å². The van der Waals surface area contributed by atoms with Crippen molar-refractivity contribution < 1.29 is 19.4 Å². The highest BCUT2D eigenvalue weighted by molar-refractivity contribution is 5.90. The van der Waals surface area contributed by atoms with Gasteiger partial charge in [0.2, 0.25) is 0 Å². The molecule has 0 saturated heterocycles. The summed E-state index contributed by atoms with van der Waals surface area (Å²) >= 11 is 0. The van der Waals surface area contributed by atoms with Crippen LogP contribution in [0.2, 0.25) is 0 Å². The van der Waals surface area contributed by atoms with Crippen molar-refractivity contribution in [2.24, 2.45) is 0 Å². The van der Waals surface area contributed by atoms with Crippen LogP contribution in [0.3, 0.4) is 0 Å². The first-order chi connectivity index (χ1) is 8.52. The van der Waals surface area contributed by atoms with Crippen LogP contribution in [0.15, 0.2) is 29.8 Å². The van der Waals surface area contributed by atoms with E-state index in [4.69, 9.17) is 4.74 Å². The van der Waals surface area contributed by atoms with Crippen LogP contribution in [0, 0.1) is 0 Å². The highest BCUT2D eigenvalue weighted by Gasteiger charge is 2.09. The van der Waals surface area contributed by atoms with Crippen molar-refractivity contribution in [2.75, 3.05) is 13.7 Å². The largest absolute Gasteiger partial charge is 0.508 e. The predicted molar refractivity (Wildman–Crippen MR) is 69.0 cm³/mol. The Labute approximate surface area is 107 Å². The summed E-state index contributed by atoms with van der Waals surface area (Å²) in [5.74, 6) is -0.0623. The Morgan fingerprint density at radius 1 is 1.33 bits per heavy atom. The van der Waals surface area contributed by atoms with E-state index in [0.717, 1.165) is 6.42 Å². The highest BCUT2D eigenvalue weighted by Crippen LogP contribution is 2.22. The van der Waals surface area contributed by atoms with Crippen LogP contribution >= 0.6 is 0 Å². The van der Waals surface area contributed by atoms with E-state index >= 15 is 0 Å². The van der Waals surface area contributed by atoms with Crippen LogP contribution < -0.4 is 4.74 Å². The maximum atomic E-state index is 11.3. The Kier molecular flexibility index (Phi) is 5.24. The minimum atomic E-state index is -0.500. The van der Waals surface area contributed by atoms with Gasteiger partial charge in [-0.05, 0) is 32.4 Å². The van der Waals surface area contributed by atoms with E-state index in [1.165, 1.54) is 24.8 Å². The Bertz CT molecular complexity index is 445. The molecular formula is C14H18O4. The lowest BCUT2D eigenvalue weighted by atomic mass is 10.2. The third kappa shape index (κ3) is 4.49. The molecule has 0 amide bonds. The third-order valence-electron chi connectivity index (χ3n) is 2.25. The van der Waals surface area contributed by atoms with E-state index < -0.39 is 5.97 Å².